The molecule has 0 amide bonds. The van der Waals surface area contributed by atoms with Crippen molar-refractivity contribution >= 4 is 38.6 Å². The fourth-order valence-corrected chi connectivity index (χ4v) is 4.52. The summed E-state index contributed by atoms with van der Waals surface area (Å²) in [4.78, 5) is 2.56. The molecule has 18 heavy (non-hydrogen) atoms. The summed E-state index contributed by atoms with van der Waals surface area (Å²) in [5, 5.41) is 5.61. The van der Waals surface area contributed by atoms with Gasteiger partial charge in [0.15, 0.2) is 0 Å². The van der Waals surface area contributed by atoms with E-state index in [0.717, 1.165) is 12.3 Å². The lowest BCUT2D eigenvalue weighted by molar-refractivity contribution is 0.408. The molecule has 2 aromatic rings. The van der Waals surface area contributed by atoms with E-state index in [1.807, 2.05) is 6.07 Å². The van der Waals surface area contributed by atoms with Crippen LogP contribution in [0.4, 0.5) is 0 Å². The van der Waals surface area contributed by atoms with Crippen molar-refractivity contribution in [2.75, 3.05) is 13.7 Å². The average molecular weight is 346 g/mol. The minimum atomic E-state index is 0.222. The van der Waals surface area contributed by atoms with E-state index in [1.54, 1.807) is 29.8 Å². The van der Waals surface area contributed by atoms with E-state index in [0.29, 0.717) is 0 Å². The number of hydrogen-bond donors (Lipinski definition) is 1. The maximum Gasteiger partial charge on any atom is 0.134 e. The van der Waals surface area contributed by atoms with E-state index in [2.05, 4.69) is 46.5 Å². The van der Waals surface area contributed by atoms with Crippen molar-refractivity contribution in [3.8, 4) is 5.75 Å². The van der Waals surface area contributed by atoms with Crippen LogP contribution in [0.3, 0.4) is 0 Å². The Morgan fingerprint density at radius 3 is 2.83 bits per heavy atom. The molecule has 0 aliphatic heterocycles. The van der Waals surface area contributed by atoms with Crippen LogP contribution in [-0.2, 0) is 0 Å². The molecule has 0 saturated carbocycles. The third-order valence-electron chi connectivity index (χ3n) is 2.71. The predicted molar refractivity (Wildman–Crippen MR) is 83.1 cm³/mol. The minimum Gasteiger partial charge on any atom is -0.496 e. The summed E-state index contributed by atoms with van der Waals surface area (Å²) in [7, 11) is 1.73. The maximum absolute atomic E-state index is 5.43. The van der Waals surface area contributed by atoms with Crippen molar-refractivity contribution in [1.29, 1.82) is 0 Å². The van der Waals surface area contributed by atoms with Crippen LogP contribution in [0.5, 0.6) is 5.75 Å². The zero-order valence-corrected chi connectivity index (χ0v) is 13.8. The largest absolute Gasteiger partial charge is 0.496 e. The topological polar surface area (TPSA) is 21.3 Å². The highest BCUT2D eigenvalue weighted by Gasteiger charge is 2.21. The first-order valence-corrected chi connectivity index (χ1v) is 8.26. The molecule has 1 unspecified atom stereocenters. The Bertz CT molecular complexity index is 501. The molecule has 2 aromatic heterocycles. The van der Waals surface area contributed by atoms with Gasteiger partial charge in [0.2, 0.25) is 0 Å². The third-order valence-corrected chi connectivity index (χ3v) is 5.87. The highest BCUT2D eigenvalue weighted by molar-refractivity contribution is 9.11. The smallest absolute Gasteiger partial charge is 0.134 e. The molecule has 1 atom stereocenters. The molecule has 2 heterocycles. The first-order chi connectivity index (χ1) is 8.67. The lowest BCUT2D eigenvalue weighted by Gasteiger charge is -2.16. The van der Waals surface area contributed by atoms with Crippen molar-refractivity contribution in [3.63, 3.8) is 0 Å². The van der Waals surface area contributed by atoms with Gasteiger partial charge >= 0.3 is 0 Å². The van der Waals surface area contributed by atoms with Gasteiger partial charge in [-0.2, -0.15) is 0 Å². The van der Waals surface area contributed by atoms with Crippen LogP contribution < -0.4 is 10.1 Å². The molecular formula is C13H16BrNOS2. The lowest BCUT2D eigenvalue weighted by atomic mass is 10.1. The van der Waals surface area contributed by atoms with Crippen molar-refractivity contribution in [1.82, 2.24) is 5.32 Å². The van der Waals surface area contributed by atoms with Crippen LogP contribution in [0, 0.1) is 6.92 Å². The fourth-order valence-electron chi connectivity index (χ4n) is 1.84. The molecule has 0 aliphatic carbocycles. The second-order valence-electron chi connectivity index (χ2n) is 3.95. The van der Waals surface area contributed by atoms with Gasteiger partial charge in [-0.1, -0.05) is 6.92 Å². The number of thiophene rings is 2. The second kappa shape index (κ2) is 6.19. The Hall–Kier alpha value is -0.360. The zero-order valence-electron chi connectivity index (χ0n) is 10.6. The molecule has 5 heteroatoms. The van der Waals surface area contributed by atoms with Crippen molar-refractivity contribution in [3.05, 3.63) is 36.6 Å². The Balaban J connectivity index is 2.39. The first kappa shape index (κ1) is 14.1. The number of halogens is 1. The van der Waals surface area contributed by atoms with Crippen LogP contribution >= 0.6 is 38.6 Å². The predicted octanol–water partition coefficient (Wildman–Crippen LogP) is 4.59. The summed E-state index contributed by atoms with van der Waals surface area (Å²) in [6.07, 6.45) is 0. The highest BCUT2D eigenvalue weighted by Crippen LogP contribution is 2.39. The quantitative estimate of drug-likeness (QED) is 0.855. The normalized spacial score (nSPS) is 12.7. The molecule has 98 valence electrons. The van der Waals surface area contributed by atoms with Gasteiger partial charge in [0.05, 0.1) is 21.8 Å². The van der Waals surface area contributed by atoms with Gasteiger partial charge in [0, 0.05) is 4.88 Å². The van der Waals surface area contributed by atoms with Gasteiger partial charge in [-0.25, -0.2) is 0 Å². The fraction of sp³-hybridized carbons (Fsp3) is 0.385. The molecule has 0 fully saturated rings. The van der Waals surface area contributed by atoms with E-state index in [4.69, 9.17) is 4.74 Å². The van der Waals surface area contributed by atoms with E-state index < -0.39 is 0 Å². The van der Waals surface area contributed by atoms with E-state index in [9.17, 15) is 0 Å². The molecular weight excluding hydrogens is 330 g/mol. The molecule has 0 bridgehead atoms. The van der Waals surface area contributed by atoms with E-state index in [1.165, 1.54) is 19.1 Å². The number of methoxy groups -OCH3 is 1. The SMILES string of the molecule is CCNC(c1cc(C)c(Br)s1)c1sccc1OC. The summed E-state index contributed by atoms with van der Waals surface area (Å²) in [6, 6.07) is 4.49. The molecule has 0 aliphatic rings. The van der Waals surface area contributed by atoms with Gasteiger partial charge in [-0.3, -0.25) is 0 Å². The van der Waals surface area contributed by atoms with E-state index >= 15 is 0 Å². The first-order valence-electron chi connectivity index (χ1n) is 5.78. The maximum atomic E-state index is 5.43. The van der Waals surface area contributed by atoms with Crippen molar-refractivity contribution < 1.29 is 4.74 Å². The van der Waals surface area contributed by atoms with Gasteiger partial charge in [-0.05, 0) is 52.5 Å². The molecule has 0 radical (unpaired) electrons. The number of aryl methyl sites for hydroxylation is 1. The Morgan fingerprint density at radius 1 is 1.50 bits per heavy atom. The van der Waals surface area contributed by atoms with Crippen LogP contribution in [0.2, 0.25) is 0 Å². The molecule has 0 spiro atoms. The van der Waals surface area contributed by atoms with Crippen LogP contribution in [0.1, 0.15) is 28.3 Å². The van der Waals surface area contributed by atoms with Crippen molar-refractivity contribution in [2.24, 2.45) is 0 Å². The summed E-state index contributed by atoms with van der Waals surface area (Å²) in [5.41, 5.74) is 1.29. The standard InChI is InChI=1S/C13H16BrNOS2/c1-4-15-11(10-7-8(2)13(14)18-10)12-9(16-3)5-6-17-12/h5-7,11,15H,4H2,1-3H3. The molecule has 0 aromatic carbocycles. The molecule has 2 rings (SSSR count). The number of ether oxygens (including phenoxy) is 1. The highest BCUT2D eigenvalue weighted by atomic mass is 79.9. The minimum absolute atomic E-state index is 0.222. The van der Waals surface area contributed by atoms with E-state index in [-0.39, 0.29) is 6.04 Å². The molecule has 1 N–H and O–H groups in total. The summed E-state index contributed by atoms with van der Waals surface area (Å²) in [5.74, 6) is 0.966. The van der Waals surface area contributed by atoms with Gasteiger partial charge in [-0.15, -0.1) is 22.7 Å². The van der Waals surface area contributed by atoms with Gasteiger partial charge in [0.1, 0.15) is 5.75 Å². The van der Waals surface area contributed by atoms with Crippen LogP contribution in [-0.4, -0.2) is 13.7 Å². The van der Waals surface area contributed by atoms with Gasteiger partial charge in [0.25, 0.3) is 0 Å². The lowest BCUT2D eigenvalue weighted by Crippen LogP contribution is -2.20. The average Bonchev–Trinajstić information content (AvgIpc) is 2.94. The summed E-state index contributed by atoms with van der Waals surface area (Å²) in [6.45, 7) is 5.18. The summed E-state index contributed by atoms with van der Waals surface area (Å²) < 4.78 is 6.64. The molecule has 2 nitrogen and oxygen atoms in total. The number of rotatable bonds is 5. The summed E-state index contributed by atoms with van der Waals surface area (Å²) >= 11 is 7.12. The third kappa shape index (κ3) is 2.79. The zero-order chi connectivity index (χ0) is 13.1. The number of hydrogen-bond acceptors (Lipinski definition) is 4. The molecule has 0 saturated heterocycles. The van der Waals surface area contributed by atoms with Crippen LogP contribution in [0.15, 0.2) is 21.3 Å². The van der Waals surface area contributed by atoms with Gasteiger partial charge < -0.3 is 10.1 Å². The Morgan fingerprint density at radius 2 is 2.28 bits per heavy atom. The monoisotopic (exact) mass is 345 g/mol. The second-order valence-corrected chi connectivity index (χ2v) is 7.30. The van der Waals surface area contributed by atoms with Crippen LogP contribution in [0.25, 0.3) is 0 Å². The Labute approximate surface area is 124 Å². The van der Waals surface area contributed by atoms with Crippen molar-refractivity contribution in [2.45, 2.75) is 19.9 Å². The number of nitrogens with one attached hydrogen (secondary N) is 1. The Kier molecular flexibility index (Phi) is 4.84.